The Morgan fingerprint density at radius 1 is 1.45 bits per heavy atom. The molecule has 0 saturated carbocycles. The first-order valence-corrected chi connectivity index (χ1v) is 8.07. The number of aromatic nitrogens is 1. The average Bonchev–Trinajstić information content (AvgIpc) is 2.55. The van der Waals surface area contributed by atoms with E-state index in [1.54, 1.807) is 0 Å². The Bertz CT molecular complexity index is 641. The molecule has 1 unspecified atom stereocenters. The Balaban J connectivity index is 2.29. The summed E-state index contributed by atoms with van der Waals surface area (Å²) in [4.78, 5) is 17.1. The van der Waals surface area contributed by atoms with Gasteiger partial charge in [-0.1, -0.05) is 23.2 Å². The van der Waals surface area contributed by atoms with Gasteiger partial charge in [0.05, 0.1) is 11.4 Å². The number of halogens is 2. The van der Waals surface area contributed by atoms with Crippen LogP contribution in [0.25, 0.3) is 0 Å². The smallest absolute Gasteiger partial charge is 0.227 e. The molecule has 2 rings (SSSR count). The van der Waals surface area contributed by atoms with Crippen LogP contribution in [0.3, 0.4) is 0 Å². The van der Waals surface area contributed by atoms with Crippen LogP contribution in [0.4, 0.5) is 11.4 Å². The minimum absolute atomic E-state index is 0.000365. The third kappa shape index (κ3) is 3.32. The molecule has 110 valence electrons. The number of sulfonamides is 1. The molecule has 2 heterocycles. The van der Waals surface area contributed by atoms with Crippen molar-refractivity contribution >= 4 is 50.5 Å². The van der Waals surface area contributed by atoms with Crippen LogP contribution in [-0.2, 0) is 14.8 Å². The van der Waals surface area contributed by atoms with Gasteiger partial charge in [0, 0.05) is 24.9 Å². The molecule has 1 saturated heterocycles. The average molecular weight is 339 g/mol. The zero-order valence-electron chi connectivity index (χ0n) is 10.2. The number of hydrogen-bond donors (Lipinski definition) is 2. The van der Waals surface area contributed by atoms with Gasteiger partial charge in [-0.05, 0) is 0 Å². The van der Waals surface area contributed by atoms with E-state index in [1.165, 1.54) is 11.0 Å². The molecule has 1 amide bonds. The van der Waals surface area contributed by atoms with Gasteiger partial charge in [-0.25, -0.2) is 18.5 Å². The van der Waals surface area contributed by atoms with Crippen LogP contribution in [0.1, 0.15) is 6.42 Å². The molecule has 1 aliphatic rings. The summed E-state index contributed by atoms with van der Waals surface area (Å²) in [6.07, 6.45) is 0.0643. The van der Waals surface area contributed by atoms with Gasteiger partial charge in [0.2, 0.25) is 15.9 Å². The lowest BCUT2D eigenvalue weighted by Crippen LogP contribution is -2.28. The van der Waals surface area contributed by atoms with Crippen molar-refractivity contribution in [3.63, 3.8) is 0 Å². The Hall–Kier alpha value is -1.09. The molecule has 0 spiro atoms. The fraction of sp³-hybridized carbons (Fsp3) is 0.400. The van der Waals surface area contributed by atoms with Gasteiger partial charge in [0.1, 0.15) is 10.8 Å². The summed E-state index contributed by atoms with van der Waals surface area (Å²) < 4.78 is 22.2. The summed E-state index contributed by atoms with van der Waals surface area (Å²) in [6.45, 7) is 0.169. The highest BCUT2D eigenvalue weighted by molar-refractivity contribution is 7.89. The maximum absolute atomic E-state index is 12.0. The van der Waals surface area contributed by atoms with Gasteiger partial charge in [-0.15, -0.1) is 0 Å². The summed E-state index contributed by atoms with van der Waals surface area (Å²) >= 11 is 11.7. The maximum Gasteiger partial charge on any atom is 0.227 e. The van der Waals surface area contributed by atoms with Gasteiger partial charge in [0.25, 0.3) is 0 Å². The largest absolute Gasteiger partial charge is 0.397 e. The van der Waals surface area contributed by atoms with Crippen molar-refractivity contribution < 1.29 is 13.2 Å². The SMILES string of the molecule is Nc1cc(Cl)nc(Cl)c1N1CC(CS(N)(=O)=O)CC1=O. The van der Waals surface area contributed by atoms with Crippen LogP contribution in [0.15, 0.2) is 6.07 Å². The van der Waals surface area contributed by atoms with Gasteiger partial charge < -0.3 is 10.6 Å². The normalized spacial score (nSPS) is 19.6. The van der Waals surface area contributed by atoms with Gasteiger partial charge in [0.15, 0.2) is 5.15 Å². The summed E-state index contributed by atoms with van der Waals surface area (Å²) in [5.41, 5.74) is 6.25. The maximum atomic E-state index is 12.0. The predicted octanol–water partition coefficient (Wildman–Crippen LogP) is 0.612. The summed E-state index contributed by atoms with van der Waals surface area (Å²) in [6, 6.07) is 1.38. The highest BCUT2D eigenvalue weighted by Gasteiger charge is 2.35. The molecular weight excluding hydrogens is 327 g/mol. The second kappa shape index (κ2) is 5.36. The number of hydrogen-bond acceptors (Lipinski definition) is 5. The van der Waals surface area contributed by atoms with Crippen molar-refractivity contribution in [2.75, 3.05) is 22.9 Å². The standard InChI is InChI=1S/C10H12Cl2N4O3S/c11-7-2-6(13)9(10(12)15-7)16-3-5(1-8(16)17)4-20(14,18)19/h2,5H,1,3-4H2,(H2,13,15)(H2,14,18,19). The first kappa shape index (κ1) is 15.3. The molecule has 20 heavy (non-hydrogen) atoms. The molecular formula is C10H12Cl2N4O3S. The minimum atomic E-state index is -3.64. The van der Waals surface area contributed by atoms with E-state index < -0.39 is 15.9 Å². The molecule has 0 aliphatic carbocycles. The number of anilines is 2. The summed E-state index contributed by atoms with van der Waals surface area (Å²) in [5.74, 6) is -0.951. The minimum Gasteiger partial charge on any atom is -0.397 e. The molecule has 1 fully saturated rings. The molecule has 10 heteroatoms. The molecule has 4 N–H and O–H groups in total. The summed E-state index contributed by atoms with van der Waals surface area (Å²) in [7, 11) is -3.64. The van der Waals surface area contributed by atoms with Gasteiger partial charge >= 0.3 is 0 Å². The summed E-state index contributed by atoms with van der Waals surface area (Å²) in [5, 5.41) is 5.10. The van der Waals surface area contributed by atoms with Crippen molar-refractivity contribution in [2.24, 2.45) is 11.1 Å². The monoisotopic (exact) mass is 338 g/mol. The zero-order valence-corrected chi connectivity index (χ0v) is 12.5. The molecule has 1 atom stereocenters. The number of nitrogens with zero attached hydrogens (tertiary/aromatic N) is 2. The molecule has 1 aliphatic heterocycles. The Morgan fingerprint density at radius 2 is 2.10 bits per heavy atom. The van der Waals surface area contributed by atoms with E-state index in [0.717, 1.165) is 0 Å². The first-order valence-electron chi connectivity index (χ1n) is 5.59. The number of amides is 1. The van der Waals surface area contributed by atoms with Gasteiger partial charge in [-0.2, -0.15) is 0 Å². The lowest BCUT2D eigenvalue weighted by atomic mass is 10.1. The van der Waals surface area contributed by atoms with E-state index in [0.29, 0.717) is 0 Å². The van der Waals surface area contributed by atoms with Crippen LogP contribution in [0, 0.1) is 5.92 Å². The number of primary sulfonamides is 1. The van der Waals surface area contributed by atoms with Crippen LogP contribution in [0.2, 0.25) is 10.3 Å². The fourth-order valence-corrected chi connectivity index (χ4v) is 3.63. The highest BCUT2D eigenvalue weighted by Crippen LogP contribution is 2.36. The molecule has 1 aromatic rings. The number of nitrogens with two attached hydrogens (primary N) is 2. The van der Waals surface area contributed by atoms with E-state index in [1.807, 2.05) is 0 Å². The van der Waals surface area contributed by atoms with Gasteiger partial charge in [-0.3, -0.25) is 4.79 Å². The Kier molecular flexibility index (Phi) is 4.10. The van der Waals surface area contributed by atoms with Crippen molar-refractivity contribution in [3.8, 4) is 0 Å². The molecule has 1 aromatic heterocycles. The fourth-order valence-electron chi connectivity index (χ4n) is 2.20. The third-order valence-electron chi connectivity index (χ3n) is 2.89. The Morgan fingerprint density at radius 3 is 2.65 bits per heavy atom. The van der Waals surface area contributed by atoms with Crippen LogP contribution in [-0.4, -0.2) is 31.6 Å². The lowest BCUT2D eigenvalue weighted by Gasteiger charge is -2.19. The second-order valence-electron chi connectivity index (χ2n) is 4.58. The first-order chi connectivity index (χ1) is 9.17. The van der Waals surface area contributed by atoms with E-state index in [4.69, 9.17) is 34.1 Å². The topological polar surface area (TPSA) is 119 Å². The molecule has 7 nitrogen and oxygen atoms in total. The van der Waals surface area contributed by atoms with Crippen molar-refractivity contribution in [1.29, 1.82) is 0 Å². The third-order valence-corrected chi connectivity index (χ3v) is 4.28. The van der Waals surface area contributed by atoms with E-state index in [9.17, 15) is 13.2 Å². The predicted molar refractivity (Wildman–Crippen MR) is 77.1 cm³/mol. The number of carbonyl (C=O) groups is 1. The molecule has 0 radical (unpaired) electrons. The molecule has 0 bridgehead atoms. The highest BCUT2D eigenvalue weighted by atomic mass is 35.5. The number of rotatable bonds is 3. The number of nitrogen functional groups attached to an aromatic ring is 1. The van der Waals surface area contributed by atoms with E-state index in [-0.39, 0.29) is 46.3 Å². The second-order valence-corrected chi connectivity index (χ2v) is 6.98. The van der Waals surface area contributed by atoms with Crippen molar-refractivity contribution in [2.45, 2.75) is 6.42 Å². The number of pyridine rings is 1. The number of carbonyl (C=O) groups excluding carboxylic acids is 1. The quantitative estimate of drug-likeness (QED) is 0.782. The lowest BCUT2D eigenvalue weighted by molar-refractivity contribution is -0.117. The van der Waals surface area contributed by atoms with Crippen molar-refractivity contribution in [1.82, 2.24) is 4.98 Å². The van der Waals surface area contributed by atoms with Crippen LogP contribution < -0.4 is 15.8 Å². The van der Waals surface area contributed by atoms with Crippen LogP contribution in [0.5, 0.6) is 0 Å². The zero-order chi connectivity index (χ0) is 15.1. The van der Waals surface area contributed by atoms with Crippen LogP contribution >= 0.6 is 23.2 Å². The Labute approximate surface area is 125 Å². The van der Waals surface area contributed by atoms with Crippen molar-refractivity contribution in [3.05, 3.63) is 16.4 Å². The van der Waals surface area contributed by atoms with E-state index in [2.05, 4.69) is 4.98 Å². The molecule has 0 aromatic carbocycles. The van der Waals surface area contributed by atoms with E-state index >= 15 is 0 Å².